The first-order valence-electron chi connectivity index (χ1n) is 8.52. The largest absolute Gasteiger partial charge is 0.497 e. The molecule has 0 spiro atoms. The van der Waals surface area contributed by atoms with Crippen molar-refractivity contribution in [3.05, 3.63) is 59.7 Å². The van der Waals surface area contributed by atoms with Crippen molar-refractivity contribution < 1.29 is 14.6 Å². The predicted molar refractivity (Wildman–Crippen MR) is 115 cm³/mol. The van der Waals surface area contributed by atoms with Crippen LogP contribution < -0.4 is 20.5 Å². The maximum atomic E-state index is 10.2. The monoisotopic (exact) mass is 416 g/mol. The Morgan fingerprint density at radius 2 is 1.56 bits per heavy atom. The highest BCUT2D eigenvalue weighted by atomic mass is 35.5. The van der Waals surface area contributed by atoms with Gasteiger partial charge in [0.15, 0.2) is 0 Å². The van der Waals surface area contributed by atoms with Crippen LogP contribution in [-0.2, 0) is 12.8 Å². The molecule has 2 rings (SSSR count). The Labute approximate surface area is 174 Å². The van der Waals surface area contributed by atoms with Gasteiger partial charge in [-0.2, -0.15) is 0 Å². The zero-order valence-corrected chi connectivity index (χ0v) is 17.4. The van der Waals surface area contributed by atoms with Gasteiger partial charge in [0.05, 0.1) is 20.3 Å². The van der Waals surface area contributed by atoms with Gasteiger partial charge in [-0.3, -0.25) is 0 Å². The van der Waals surface area contributed by atoms with Crippen LogP contribution in [0.15, 0.2) is 48.5 Å². The molecular formula is C20H30Cl2N2O3. The predicted octanol–water partition coefficient (Wildman–Crippen LogP) is 2.61. The molecule has 2 aromatic carbocycles. The van der Waals surface area contributed by atoms with E-state index in [0.717, 1.165) is 35.6 Å². The molecule has 0 bridgehead atoms. The SMILES string of the molecule is COc1cc(CCNC[C@@H](O)[C@@H](N)Cc2ccccc2)cc(OC)c1.Cl.Cl. The van der Waals surface area contributed by atoms with E-state index in [1.807, 2.05) is 48.5 Å². The molecule has 0 radical (unpaired) electrons. The van der Waals surface area contributed by atoms with Crippen molar-refractivity contribution in [3.8, 4) is 11.5 Å². The van der Waals surface area contributed by atoms with E-state index in [9.17, 15) is 5.11 Å². The molecule has 0 aliphatic carbocycles. The number of nitrogens with two attached hydrogens (primary N) is 1. The third kappa shape index (κ3) is 8.82. The fraction of sp³-hybridized carbons (Fsp3) is 0.400. The van der Waals surface area contributed by atoms with Crippen LogP contribution in [0.5, 0.6) is 11.5 Å². The van der Waals surface area contributed by atoms with Gasteiger partial charge in [-0.15, -0.1) is 24.8 Å². The van der Waals surface area contributed by atoms with Crippen LogP contribution in [0.2, 0.25) is 0 Å². The fourth-order valence-electron chi connectivity index (χ4n) is 2.67. The third-order valence-corrected chi connectivity index (χ3v) is 4.16. The molecule has 2 aromatic rings. The van der Waals surface area contributed by atoms with Crippen LogP contribution in [0.4, 0.5) is 0 Å². The molecule has 0 aromatic heterocycles. The second-order valence-corrected chi connectivity index (χ2v) is 6.10. The van der Waals surface area contributed by atoms with Crippen molar-refractivity contribution in [2.75, 3.05) is 27.3 Å². The minimum atomic E-state index is -0.583. The van der Waals surface area contributed by atoms with Crippen molar-refractivity contribution in [1.29, 1.82) is 0 Å². The summed E-state index contributed by atoms with van der Waals surface area (Å²) in [5.41, 5.74) is 8.35. The van der Waals surface area contributed by atoms with E-state index in [4.69, 9.17) is 15.2 Å². The van der Waals surface area contributed by atoms with Crippen LogP contribution in [0.25, 0.3) is 0 Å². The van der Waals surface area contributed by atoms with Gasteiger partial charge in [-0.25, -0.2) is 0 Å². The van der Waals surface area contributed by atoms with Gasteiger partial charge in [0.2, 0.25) is 0 Å². The first kappa shape index (κ1) is 25.5. The Bertz CT molecular complexity index is 622. The molecular weight excluding hydrogens is 387 g/mol. The lowest BCUT2D eigenvalue weighted by Crippen LogP contribution is -2.43. The molecule has 0 aliphatic heterocycles. The smallest absolute Gasteiger partial charge is 0.122 e. The summed E-state index contributed by atoms with van der Waals surface area (Å²) in [6.07, 6.45) is 0.894. The first-order chi connectivity index (χ1) is 12.1. The first-order valence-corrected chi connectivity index (χ1v) is 8.52. The quantitative estimate of drug-likeness (QED) is 0.518. The summed E-state index contributed by atoms with van der Waals surface area (Å²) < 4.78 is 10.5. The number of rotatable bonds is 10. The van der Waals surface area contributed by atoms with Gasteiger partial charge in [0.25, 0.3) is 0 Å². The van der Waals surface area contributed by atoms with E-state index < -0.39 is 6.10 Å². The van der Waals surface area contributed by atoms with E-state index >= 15 is 0 Å². The maximum absolute atomic E-state index is 10.2. The number of aliphatic hydroxyl groups is 1. The van der Waals surface area contributed by atoms with Gasteiger partial charge in [0, 0.05) is 18.7 Å². The maximum Gasteiger partial charge on any atom is 0.122 e. The van der Waals surface area contributed by atoms with E-state index in [2.05, 4.69) is 5.32 Å². The minimum Gasteiger partial charge on any atom is -0.497 e. The molecule has 7 heteroatoms. The zero-order chi connectivity index (χ0) is 18.1. The summed E-state index contributed by atoms with van der Waals surface area (Å²) in [6, 6.07) is 15.5. The summed E-state index contributed by atoms with van der Waals surface area (Å²) in [5.74, 6) is 1.55. The fourth-order valence-corrected chi connectivity index (χ4v) is 2.67. The average molecular weight is 417 g/mol. The molecule has 0 heterocycles. The molecule has 27 heavy (non-hydrogen) atoms. The Morgan fingerprint density at radius 1 is 0.963 bits per heavy atom. The van der Waals surface area contributed by atoms with E-state index in [0.29, 0.717) is 13.0 Å². The van der Waals surface area contributed by atoms with Gasteiger partial charge in [-0.05, 0) is 42.6 Å². The van der Waals surface area contributed by atoms with Crippen molar-refractivity contribution in [1.82, 2.24) is 5.32 Å². The number of nitrogens with one attached hydrogen (secondary N) is 1. The van der Waals surface area contributed by atoms with E-state index in [1.165, 1.54) is 0 Å². The molecule has 5 nitrogen and oxygen atoms in total. The number of benzene rings is 2. The van der Waals surface area contributed by atoms with Crippen molar-refractivity contribution in [3.63, 3.8) is 0 Å². The van der Waals surface area contributed by atoms with Crippen LogP contribution in [0.1, 0.15) is 11.1 Å². The summed E-state index contributed by atoms with van der Waals surface area (Å²) in [5, 5.41) is 13.5. The van der Waals surface area contributed by atoms with Gasteiger partial charge in [0.1, 0.15) is 11.5 Å². The summed E-state index contributed by atoms with van der Waals surface area (Å²) in [7, 11) is 3.28. The third-order valence-electron chi connectivity index (χ3n) is 4.16. The standard InChI is InChI=1S/C20H28N2O3.2ClH/c1-24-17-10-16(11-18(13-17)25-2)8-9-22-14-20(23)19(21)12-15-6-4-3-5-7-15;;/h3-7,10-11,13,19-20,22-23H,8-9,12,14,21H2,1-2H3;2*1H/t19-,20+;;/m0../s1. The lowest BCUT2D eigenvalue weighted by molar-refractivity contribution is 0.142. The Hall–Kier alpha value is -1.50. The van der Waals surface area contributed by atoms with Gasteiger partial charge < -0.3 is 25.6 Å². The van der Waals surface area contributed by atoms with Crippen molar-refractivity contribution >= 4 is 24.8 Å². The molecule has 0 aliphatic rings. The molecule has 0 fully saturated rings. The molecule has 0 amide bonds. The lowest BCUT2D eigenvalue weighted by Gasteiger charge is -2.19. The number of ether oxygens (including phenoxy) is 2. The summed E-state index contributed by atoms with van der Waals surface area (Å²) in [4.78, 5) is 0. The number of aliphatic hydroxyl groups excluding tert-OH is 1. The summed E-state index contributed by atoms with van der Waals surface area (Å²) >= 11 is 0. The highest BCUT2D eigenvalue weighted by molar-refractivity contribution is 5.85. The Balaban J connectivity index is 0.00000338. The second-order valence-electron chi connectivity index (χ2n) is 6.10. The van der Waals surface area contributed by atoms with Crippen LogP contribution >= 0.6 is 24.8 Å². The van der Waals surface area contributed by atoms with Crippen LogP contribution in [0.3, 0.4) is 0 Å². The topological polar surface area (TPSA) is 76.7 Å². The molecule has 0 unspecified atom stereocenters. The van der Waals surface area contributed by atoms with E-state index in [1.54, 1.807) is 14.2 Å². The normalized spacial score (nSPS) is 12.3. The van der Waals surface area contributed by atoms with Crippen molar-refractivity contribution in [2.45, 2.75) is 25.0 Å². The lowest BCUT2D eigenvalue weighted by atomic mass is 10.0. The molecule has 0 saturated carbocycles. The minimum absolute atomic E-state index is 0. The Morgan fingerprint density at radius 3 is 2.11 bits per heavy atom. The second kappa shape index (κ2) is 13.6. The Kier molecular flexibility index (Phi) is 12.9. The molecule has 4 N–H and O–H groups in total. The summed E-state index contributed by atoms with van der Waals surface area (Å²) in [6.45, 7) is 1.21. The van der Waals surface area contributed by atoms with Gasteiger partial charge in [-0.1, -0.05) is 30.3 Å². The number of halogens is 2. The zero-order valence-electron chi connectivity index (χ0n) is 15.8. The van der Waals surface area contributed by atoms with Gasteiger partial charge >= 0.3 is 0 Å². The number of hydrogen-bond donors (Lipinski definition) is 3. The number of methoxy groups -OCH3 is 2. The van der Waals surface area contributed by atoms with Crippen LogP contribution in [-0.4, -0.2) is 44.6 Å². The van der Waals surface area contributed by atoms with Crippen LogP contribution in [0, 0.1) is 0 Å². The average Bonchev–Trinajstić information content (AvgIpc) is 2.65. The number of hydrogen-bond acceptors (Lipinski definition) is 5. The van der Waals surface area contributed by atoms with Crippen molar-refractivity contribution in [2.24, 2.45) is 5.73 Å². The van der Waals surface area contributed by atoms with E-state index in [-0.39, 0.29) is 30.9 Å². The molecule has 0 saturated heterocycles. The highest BCUT2D eigenvalue weighted by Gasteiger charge is 2.14. The molecule has 2 atom stereocenters. The highest BCUT2D eigenvalue weighted by Crippen LogP contribution is 2.22. The molecule has 152 valence electrons.